The summed E-state index contributed by atoms with van der Waals surface area (Å²) in [6.45, 7) is 5.06. The quantitative estimate of drug-likeness (QED) is 0.406. The zero-order valence-corrected chi connectivity index (χ0v) is 19.7. The van der Waals surface area contributed by atoms with E-state index in [4.69, 9.17) is 0 Å². The molecule has 0 nitrogen and oxygen atoms in total. The fraction of sp³-hybridized carbons (Fsp3) is 0.448. The van der Waals surface area contributed by atoms with Crippen molar-refractivity contribution >= 4 is 20.8 Å². The minimum atomic E-state index is -0.850. The molecule has 0 saturated carbocycles. The predicted molar refractivity (Wildman–Crippen MR) is 133 cm³/mol. The van der Waals surface area contributed by atoms with Gasteiger partial charge in [0.1, 0.15) is 0 Å². The second-order valence-corrected chi connectivity index (χ2v) is 14.7. The van der Waals surface area contributed by atoms with Gasteiger partial charge in [-0.05, 0) is 101 Å². The van der Waals surface area contributed by atoms with Crippen molar-refractivity contribution in [2.75, 3.05) is 12.5 Å². The van der Waals surface area contributed by atoms with Crippen LogP contribution in [0.15, 0.2) is 48.5 Å². The van der Waals surface area contributed by atoms with Gasteiger partial charge in [0.25, 0.3) is 0 Å². The highest BCUT2D eigenvalue weighted by atomic mass is 32.3. The maximum Gasteiger partial charge on any atom is 0.0172 e. The van der Waals surface area contributed by atoms with Crippen molar-refractivity contribution in [1.29, 1.82) is 0 Å². The summed E-state index contributed by atoms with van der Waals surface area (Å²) in [6, 6.07) is 19.1. The van der Waals surface area contributed by atoms with Gasteiger partial charge in [0.2, 0.25) is 0 Å². The van der Waals surface area contributed by atoms with Crippen molar-refractivity contribution < 1.29 is 0 Å². The molecule has 30 heavy (non-hydrogen) atoms. The fourth-order valence-electron chi connectivity index (χ4n) is 7.49. The van der Waals surface area contributed by atoms with Crippen LogP contribution >= 0.6 is 10.0 Å². The number of benzene rings is 3. The summed E-state index contributed by atoms with van der Waals surface area (Å²) in [7, 11) is -0.850. The van der Waals surface area contributed by atoms with Crippen LogP contribution in [0.4, 0.5) is 0 Å². The first-order chi connectivity index (χ1) is 14.4. The van der Waals surface area contributed by atoms with E-state index < -0.39 is 10.0 Å². The van der Waals surface area contributed by atoms with Crippen LogP contribution < -0.4 is 0 Å². The van der Waals surface area contributed by atoms with Crippen molar-refractivity contribution in [2.24, 2.45) is 11.8 Å². The topological polar surface area (TPSA) is 0 Å². The molecule has 0 spiro atoms. The van der Waals surface area contributed by atoms with Gasteiger partial charge >= 0.3 is 0 Å². The van der Waals surface area contributed by atoms with Gasteiger partial charge in [-0.15, -0.1) is 0 Å². The summed E-state index contributed by atoms with van der Waals surface area (Å²) in [5, 5.41) is 4.36. The van der Waals surface area contributed by atoms with E-state index in [2.05, 4.69) is 74.9 Å². The van der Waals surface area contributed by atoms with Gasteiger partial charge in [-0.3, -0.25) is 0 Å². The normalized spacial score (nSPS) is 27.9. The Balaban J connectivity index is 1.47. The van der Waals surface area contributed by atoms with E-state index in [-0.39, 0.29) is 0 Å². The lowest BCUT2D eigenvalue weighted by molar-refractivity contribution is 0.579. The van der Waals surface area contributed by atoms with Crippen molar-refractivity contribution in [3.05, 3.63) is 81.9 Å². The Labute approximate surface area is 183 Å². The smallest absolute Gasteiger partial charge is 0.0172 e. The monoisotopic (exact) mass is 414 g/mol. The molecule has 156 valence electrons. The van der Waals surface area contributed by atoms with Gasteiger partial charge in [-0.25, -0.2) is 10.0 Å². The van der Waals surface area contributed by atoms with Crippen LogP contribution in [-0.2, 0) is 25.7 Å². The molecule has 0 bridgehead atoms. The minimum Gasteiger partial charge on any atom is -0.233 e. The summed E-state index contributed by atoms with van der Waals surface area (Å²) in [6.07, 6.45) is 11.8. The molecule has 0 N–H and O–H groups in total. The molecule has 0 radical (unpaired) electrons. The lowest BCUT2D eigenvalue weighted by Gasteiger charge is -2.48. The highest BCUT2D eigenvalue weighted by Gasteiger charge is 2.46. The molecule has 0 saturated heterocycles. The average Bonchev–Trinajstić information content (AvgIpc) is 3.39. The summed E-state index contributed by atoms with van der Waals surface area (Å²) >= 11 is 0. The van der Waals surface area contributed by atoms with Crippen LogP contribution in [0.25, 0.3) is 10.8 Å². The van der Waals surface area contributed by atoms with E-state index in [0.29, 0.717) is 5.25 Å². The second-order valence-electron chi connectivity index (χ2n) is 10.7. The first-order valence-corrected chi connectivity index (χ1v) is 14.4. The summed E-state index contributed by atoms with van der Waals surface area (Å²) in [5.41, 5.74) is 10.0. The van der Waals surface area contributed by atoms with E-state index in [1.165, 1.54) is 42.9 Å². The molecule has 4 unspecified atom stereocenters. The minimum absolute atomic E-state index is 0.712. The molecule has 3 aromatic rings. The Bertz CT molecular complexity index is 1150. The van der Waals surface area contributed by atoms with Crippen LogP contribution in [-0.4, -0.2) is 12.5 Å². The van der Waals surface area contributed by atoms with E-state index >= 15 is 0 Å². The third-order valence-corrected chi connectivity index (χ3v) is 12.5. The molecule has 1 heteroatoms. The maximum absolute atomic E-state index is 2.67. The van der Waals surface area contributed by atoms with E-state index in [1.54, 1.807) is 33.4 Å². The molecule has 0 aromatic heterocycles. The standard InChI is InChI=1S/C29H34S/c1-18-14-23-16-21-9-7-10-22(21)17-26(23)29(18)30(3,4)28-19(2)15-27-24-11-6-5-8-20(24)12-13-25(27)28/h5-6,8,11-13,16-19,28-29H,7,9-10,14-15H2,1-4H3. The third kappa shape index (κ3) is 2.60. The molecule has 6 rings (SSSR count). The van der Waals surface area contributed by atoms with Crippen molar-refractivity contribution in [3.8, 4) is 0 Å². The maximum atomic E-state index is 2.67. The molecule has 3 aromatic carbocycles. The van der Waals surface area contributed by atoms with E-state index in [0.717, 1.165) is 17.1 Å². The summed E-state index contributed by atoms with van der Waals surface area (Å²) < 4.78 is 0. The fourth-order valence-corrected chi connectivity index (χ4v) is 12.1. The van der Waals surface area contributed by atoms with Crippen LogP contribution in [0.1, 0.15) is 64.1 Å². The summed E-state index contributed by atoms with van der Waals surface area (Å²) in [5.74, 6) is 1.51. The van der Waals surface area contributed by atoms with E-state index in [1.807, 2.05) is 0 Å². The zero-order chi connectivity index (χ0) is 20.6. The summed E-state index contributed by atoms with van der Waals surface area (Å²) in [4.78, 5) is 0. The number of hydrogen-bond acceptors (Lipinski definition) is 0. The van der Waals surface area contributed by atoms with Crippen LogP contribution in [0, 0.1) is 11.8 Å². The first kappa shape index (κ1) is 19.0. The van der Waals surface area contributed by atoms with Crippen molar-refractivity contribution in [1.82, 2.24) is 0 Å². The number of hydrogen-bond donors (Lipinski definition) is 0. The van der Waals surface area contributed by atoms with Crippen molar-refractivity contribution in [2.45, 2.75) is 56.5 Å². The van der Waals surface area contributed by atoms with E-state index in [9.17, 15) is 0 Å². The number of aryl methyl sites for hydroxylation is 2. The molecule has 0 amide bonds. The lowest BCUT2D eigenvalue weighted by Crippen LogP contribution is -2.21. The van der Waals surface area contributed by atoms with Crippen LogP contribution in [0.2, 0.25) is 0 Å². The molecule has 0 heterocycles. The van der Waals surface area contributed by atoms with Gasteiger partial charge < -0.3 is 0 Å². The molecule has 3 aliphatic rings. The van der Waals surface area contributed by atoms with Gasteiger partial charge in [-0.1, -0.05) is 62.4 Å². The van der Waals surface area contributed by atoms with Gasteiger partial charge in [0.15, 0.2) is 0 Å². The Morgan fingerprint density at radius 3 is 2.27 bits per heavy atom. The highest BCUT2D eigenvalue weighted by molar-refractivity contribution is 8.33. The first-order valence-electron chi connectivity index (χ1n) is 11.8. The molecule has 3 aliphatic carbocycles. The lowest BCUT2D eigenvalue weighted by atomic mass is 10.0. The van der Waals surface area contributed by atoms with Gasteiger partial charge in [-0.2, -0.15) is 0 Å². The Kier molecular flexibility index (Phi) is 4.20. The molecular formula is C29H34S. The second kappa shape index (κ2) is 6.63. The SMILES string of the molecule is CC1Cc2cc3c(cc2C1S(C)(C)C1c2ccc4ccccc4c2CC1C)CCC3. The Hall–Kier alpha value is -1.73. The Morgan fingerprint density at radius 1 is 0.733 bits per heavy atom. The third-order valence-electron chi connectivity index (χ3n) is 8.45. The average molecular weight is 415 g/mol. The Morgan fingerprint density at radius 2 is 1.43 bits per heavy atom. The number of fused-ring (bicyclic) bond motifs is 5. The highest BCUT2D eigenvalue weighted by Crippen LogP contribution is 2.73. The predicted octanol–water partition coefficient (Wildman–Crippen LogP) is 7.56. The zero-order valence-electron chi connectivity index (χ0n) is 18.9. The van der Waals surface area contributed by atoms with Crippen LogP contribution in [0.5, 0.6) is 0 Å². The van der Waals surface area contributed by atoms with Crippen LogP contribution in [0.3, 0.4) is 0 Å². The number of rotatable bonds is 2. The largest absolute Gasteiger partial charge is 0.233 e. The molecule has 4 atom stereocenters. The van der Waals surface area contributed by atoms with Gasteiger partial charge in [0, 0.05) is 10.5 Å². The molecular weight excluding hydrogens is 380 g/mol. The molecule has 0 aliphatic heterocycles. The molecule has 0 fully saturated rings. The van der Waals surface area contributed by atoms with Gasteiger partial charge in [0.05, 0.1) is 0 Å². The van der Waals surface area contributed by atoms with Crippen molar-refractivity contribution in [3.63, 3.8) is 0 Å².